The third-order valence-electron chi connectivity index (χ3n) is 3.63. The second kappa shape index (κ2) is 6.00. The predicted octanol–water partition coefficient (Wildman–Crippen LogP) is 2.05. The fourth-order valence-electron chi connectivity index (χ4n) is 2.17. The molecule has 0 heterocycles. The Morgan fingerprint density at radius 2 is 2.29 bits per heavy atom. The number of nitrogens with zero attached hydrogens (tertiary/aromatic N) is 1. The second-order valence-electron chi connectivity index (χ2n) is 5.34. The molecule has 0 saturated heterocycles. The third-order valence-corrected chi connectivity index (χ3v) is 3.63. The molecular weight excluding hydrogens is 273 g/mol. The Morgan fingerprint density at radius 3 is 2.81 bits per heavy atom. The van der Waals surface area contributed by atoms with Crippen molar-refractivity contribution in [3.8, 4) is 11.8 Å². The highest BCUT2D eigenvalue weighted by atomic mass is 19.1. The zero-order valence-corrected chi connectivity index (χ0v) is 12.1. The van der Waals surface area contributed by atoms with Gasteiger partial charge in [-0.15, -0.1) is 0 Å². The Hall–Kier alpha value is -2.29. The van der Waals surface area contributed by atoms with Gasteiger partial charge in [-0.3, -0.25) is 4.79 Å². The number of carbonyl (C=O) groups is 1. The van der Waals surface area contributed by atoms with Gasteiger partial charge in [0.2, 0.25) is 5.91 Å². The lowest BCUT2D eigenvalue weighted by Gasteiger charge is -2.23. The minimum atomic E-state index is -0.816. The molecule has 6 heteroatoms. The second-order valence-corrected chi connectivity index (χ2v) is 5.34. The number of methoxy groups -OCH3 is 1. The first-order valence-electron chi connectivity index (χ1n) is 6.78. The van der Waals surface area contributed by atoms with Gasteiger partial charge in [0, 0.05) is 11.8 Å². The third kappa shape index (κ3) is 3.63. The lowest BCUT2D eigenvalue weighted by atomic mass is 9.98. The highest BCUT2D eigenvalue weighted by molar-refractivity contribution is 5.82. The number of ether oxygens (including phenoxy) is 1. The fourth-order valence-corrected chi connectivity index (χ4v) is 2.17. The van der Waals surface area contributed by atoms with E-state index in [0.717, 1.165) is 12.8 Å². The standard InChI is InChI=1S/C15H18FN3O2/c1-15(9-17,10-3-4-10)19-14(20)8-18-11-5-6-13(21-2)12(16)7-11/h5-7,10,18H,3-4,8H2,1-2H3,(H,19,20). The highest BCUT2D eigenvalue weighted by Gasteiger charge is 2.42. The molecule has 0 aromatic heterocycles. The van der Waals surface area contributed by atoms with E-state index in [9.17, 15) is 14.4 Å². The molecule has 1 unspecified atom stereocenters. The normalized spacial score (nSPS) is 16.5. The molecule has 1 amide bonds. The molecule has 1 aromatic carbocycles. The number of anilines is 1. The Labute approximate surface area is 123 Å². The minimum Gasteiger partial charge on any atom is -0.494 e. The van der Waals surface area contributed by atoms with Crippen molar-refractivity contribution >= 4 is 11.6 Å². The lowest BCUT2D eigenvalue weighted by Crippen LogP contribution is -2.48. The van der Waals surface area contributed by atoms with Crippen LogP contribution in [0.3, 0.4) is 0 Å². The maximum Gasteiger partial charge on any atom is 0.240 e. The van der Waals surface area contributed by atoms with E-state index in [4.69, 9.17) is 4.74 Å². The molecule has 1 fully saturated rings. The number of halogens is 1. The van der Waals surface area contributed by atoms with Crippen molar-refractivity contribution in [2.24, 2.45) is 5.92 Å². The Balaban J connectivity index is 1.89. The minimum absolute atomic E-state index is 0.0181. The molecule has 0 bridgehead atoms. The van der Waals surface area contributed by atoms with Crippen molar-refractivity contribution in [3.05, 3.63) is 24.0 Å². The first kappa shape index (κ1) is 15.1. The average Bonchev–Trinajstić information content (AvgIpc) is 3.30. The molecule has 1 atom stereocenters. The quantitative estimate of drug-likeness (QED) is 0.841. The number of hydrogen-bond acceptors (Lipinski definition) is 4. The van der Waals surface area contributed by atoms with Crippen molar-refractivity contribution in [1.29, 1.82) is 5.26 Å². The van der Waals surface area contributed by atoms with Gasteiger partial charge in [-0.2, -0.15) is 5.26 Å². The van der Waals surface area contributed by atoms with E-state index in [1.165, 1.54) is 19.2 Å². The summed E-state index contributed by atoms with van der Waals surface area (Å²) in [5, 5.41) is 14.7. The van der Waals surface area contributed by atoms with Crippen LogP contribution in [0.2, 0.25) is 0 Å². The summed E-state index contributed by atoms with van der Waals surface area (Å²) >= 11 is 0. The van der Waals surface area contributed by atoms with Crippen LogP contribution < -0.4 is 15.4 Å². The van der Waals surface area contributed by atoms with Crippen LogP contribution in [0.1, 0.15) is 19.8 Å². The van der Waals surface area contributed by atoms with Crippen LogP contribution in [0.5, 0.6) is 5.75 Å². The lowest BCUT2D eigenvalue weighted by molar-refractivity contribution is -0.120. The predicted molar refractivity (Wildman–Crippen MR) is 76.3 cm³/mol. The molecule has 1 saturated carbocycles. The van der Waals surface area contributed by atoms with Gasteiger partial charge in [-0.1, -0.05) is 0 Å². The van der Waals surface area contributed by atoms with Crippen LogP contribution >= 0.6 is 0 Å². The number of rotatable bonds is 6. The maximum absolute atomic E-state index is 13.5. The summed E-state index contributed by atoms with van der Waals surface area (Å²) in [6.45, 7) is 1.71. The van der Waals surface area contributed by atoms with Crippen molar-refractivity contribution in [3.63, 3.8) is 0 Å². The highest BCUT2D eigenvalue weighted by Crippen LogP contribution is 2.39. The number of benzene rings is 1. The zero-order chi connectivity index (χ0) is 15.5. The van der Waals surface area contributed by atoms with E-state index in [-0.39, 0.29) is 24.1 Å². The van der Waals surface area contributed by atoms with Crippen LogP contribution in [0, 0.1) is 23.1 Å². The number of nitriles is 1. The molecule has 0 radical (unpaired) electrons. The van der Waals surface area contributed by atoms with E-state index < -0.39 is 11.4 Å². The number of hydrogen-bond donors (Lipinski definition) is 2. The first-order valence-corrected chi connectivity index (χ1v) is 6.78. The number of nitrogens with one attached hydrogen (secondary N) is 2. The van der Waals surface area contributed by atoms with Gasteiger partial charge >= 0.3 is 0 Å². The molecule has 2 rings (SSSR count). The molecular formula is C15H18FN3O2. The molecule has 5 nitrogen and oxygen atoms in total. The topological polar surface area (TPSA) is 74.2 Å². The molecule has 112 valence electrons. The zero-order valence-electron chi connectivity index (χ0n) is 12.1. The molecule has 1 aliphatic carbocycles. The van der Waals surface area contributed by atoms with Gasteiger partial charge in [0.25, 0.3) is 0 Å². The average molecular weight is 291 g/mol. The Morgan fingerprint density at radius 1 is 1.57 bits per heavy atom. The van der Waals surface area contributed by atoms with Crippen molar-refractivity contribution in [1.82, 2.24) is 5.32 Å². The summed E-state index contributed by atoms with van der Waals surface area (Å²) in [6, 6.07) is 6.53. The van der Waals surface area contributed by atoms with Crippen molar-refractivity contribution in [2.75, 3.05) is 19.0 Å². The molecule has 0 aliphatic heterocycles. The van der Waals surface area contributed by atoms with Gasteiger partial charge in [-0.05, 0) is 37.8 Å². The summed E-state index contributed by atoms with van der Waals surface area (Å²) in [5.41, 5.74) is -0.335. The summed E-state index contributed by atoms with van der Waals surface area (Å²) in [4.78, 5) is 11.9. The molecule has 0 spiro atoms. The van der Waals surface area contributed by atoms with Crippen LogP contribution in [0.4, 0.5) is 10.1 Å². The summed E-state index contributed by atoms with van der Waals surface area (Å²) < 4.78 is 18.3. The van der Waals surface area contributed by atoms with E-state index >= 15 is 0 Å². The monoisotopic (exact) mass is 291 g/mol. The maximum atomic E-state index is 13.5. The summed E-state index contributed by atoms with van der Waals surface area (Å²) in [6.07, 6.45) is 1.92. The Kier molecular flexibility index (Phi) is 4.32. The van der Waals surface area contributed by atoms with E-state index in [2.05, 4.69) is 16.7 Å². The number of amides is 1. The molecule has 1 aliphatic rings. The summed E-state index contributed by atoms with van der Waals surface area (Å²) in [7, 11) is 1.39. The van der Waals surface area contributed by atoms with Gasteiger partial charge in [0.15, 0.2) is 11.6 Å². The number of carbonyl (C=O) groups excluding carboxylic acids is 1. The van der Waals surface area contributed by atoms with Gasteiger partial charge < -0.3 is 15.4 Å². The van der Waals surface area contributed by atoms with Crippen LogP contribution in [-0.2, 0) is 4.79 Å². The van der Waals surface area contributed by atoms with Crippen molar-refractivity contribution < 1.29 is 13.9 Å². The van der Waals surface area contributed by atoms with Crippen LogP contribution in [0.15, 0.2) is 18.2 Å². The van der Waals surface area contributed by atoms with Gasteiger partial charge in [0.1, 0.15) is 5.54 Å². The largest absolute Gasteiger partial charge is 0.494 e. The van der Waals surface area contributed by atoms with Gasteiger partial charge in [-0.25, -0.2) is 4.39 Å². The molecule has 1 aromatic rings. The molecule has 2 N–H and O–H groups in total. The van der Waals surface area contributed by atoms with Crippen LogP contribution in [0.25, 0.3) is 0 Å². The van der Waals surface area contributed by atoms with Crippen LogP contribution in [-0.4, -0.2) is 25.1 Å². The van der Waals surface area contributed by atoms with Crippen molar-refractivity contribution in [2.45, 2.75) is 25.3 Å². The first-order chi connectivity index (χ1) is 9.98. The Bertz CT molecular complexity index is 581. The van der Waals surface area contributed by atoms with E-state index in [1.807, 2.05) is 0 Å². The smallest absolute Gasteiger partial charge is 0.240 e. The van der Waals surface area contributed by atoms with E-state index in [0.29, 0.717) is 5.69 Å². The van der Waals surface area contributed by atoms with Gasteiger partial charge in [0.05, 0.1) is 19.7 Å². The van der Waals surface area contributed by atoms with E-state index in [1.54, 1.807) is 13.0 Å². The summed E-state index contributed by atoms with van der Waals surface area (Å²) in [5.74, 6) is -0.411. The SMILES string of the molecule is COc1ccc(NCC(=O)NC(C)(C#N)C2CC2)cc1F. The molecule has 21 heavy (non-hydrogen) atoms. The fraction of sp³-hybridized carbons (Fsp3) is 0.467.